The van der Waals surface area contributed by atoms with Crippen molar-refractivity contribution in [2.45, 2.75) is 24.8 Å². The molecule has 2 rings (SSSR count). The van der Waals surface area contributed by atoms with Gasteiger partial charge in [-0.05, 0) is 35.7 Å². The normalized spacial score (nSPS) is 11.3. The van der Waals surface area contributed by atoms with Gasteiger partial charge in [-0.15, -0.1) is 0 Å². The topological polar surface area (TPSA) is 79.3 Å². The van der Waals surface area contributed by atoms with Gasteiger partial charge in [0.2, 0.25) is 0 Å². The Kier molecular flexibility index (Phi) is 4.36. The number of aliphatic hydroxyl groups excluding tert-OH is 1. The van der Waals surface area contributed by atoms with Gasteiger partial charge in [-0.2, -0.15) is 0 Å². The Labute approximate surface area is 118 Å². The Morgan fingerprint density at radius 1 is 1.25 bits per heavy atom. The second-order valence-electron chi connectivity index (χ2n) is 4.27. The van der Waals surface area contributed by atoms with E-state index in [4.69, 9.17) is 5.11 Å². The lowest BCUT2D eigenvalue weighted by atomic mass is 10.1. The third-order valence-corrected chi connectivity index (χ3v) is 4.33. The fraction of sp³-hybridized carbons (Fsp3) is 0.214. The molecule has 6 heteroatoms. The first-order valence-corrected chi connectivity index (χ1v) is 7.71. The SMILES string of the molecule is CCc1ccc(CO)cc1S(=O)(=O)Nc1ccccn1. The third kappa shape index (κ3) is 3.15. The Bertz CT molecular complexity index is 685. The van der Waals surface area contributed by atoms with Crippen LogP contribution in [0.25, 0.3) is 0 Å². The van der Waals surface area contributed by atoms with Crippen LogP contribution in [0.2, 0.25) is 0 Å². The standard InChI is InChI=1S/C14H16N2O3S/c1-2-12-7-6-11(10-17)9-13(12)20(18,19)16-14-5-3-4-8-15-14/h3-9,17H,2,10H2,1H3,(H,15,16). The molecule has 5 nitrogen and oxygen atoms in total. The molecule has 0 aliphatic rings. The summed E-state index contributed by atoms with van der Waals surface area (Å²) in [5, 5.41) is 9.15. The maximum Gasteiger partial charge on any atom is 0.263 e. The summed E-state index contributed by atoms with van der Waals surface area (Å²) in [7, 11) is -3.71. The van der Waals surface area contributed by atoms with E-state index in [1.807, 2.05) is 6.92 Å². The van der Waals surface area contributed by atoms with Gasteiger partial charge in [0.1, 0.15) is 5.82 Å². The molecule has 20 heavy (non-hydrogen) atoms. The zero-order chi connectivity index (χ0) is 14.6. The summed E-state index contributed by atoms with van der Waals surface area (Å²) in [5.74, 6) is 0.268. The number of nitrogens with zero attached hydrogens (tertiary/aromatic N) is 1. The highest BCUT2D eigenvalue weighted by Crippen LogP contribution is 2.21. The van der Waals surface area contributed by atoms with Crippen molar-refractivity contribution in [1.82, 2.24) is 4.98 Å². The summed E-state index contributed by atoms with van der Waals surface area (Å²) in [6, 6.07) is 9.93. The van der Waals surface area contributed by atoms with E-state index >= 15 is 0 Å². The molecule has 0 amide bonds. The van der Waals surface area contributed by atoms with Crippen molar-refractivity contribution < 1.29 is 13.5 Å². The minimum atomic E-state index is -3.71. The predicted octanol–water partition coefficient (Wildman–Crippen LogP) is 1.94. The highest BCUT2D eigenvalue weighted by molar-refractivity contribution is 7.92. The molecule has 1 heterocycles. The molecule has 0 unspecified atom stereocenters. The van der Waals surface area contributed by atoms with Crippen LogP contribution in [0.5, 0.6) is 0 Å². The van der Waals surface area contributed by atoms with Crippen LogP contribution < -0.4 is 4.72 Å². The summed E-state index contributed by atoms with van der Waals surface area (Å²) in [6.45, 7) is 1.68. The van der Waals surface area contributed by atoms with Gasteiger partial charge in [0, 0.05) is 6.20 Å². The molecular formula is C14H16N2O3S. The van der Waals surface area contributed by atoms with Crippen molar-refractivity contribution in [2.24, 2.45) is 0 Å². The van der Waals surface area contributed by atoms with E-state index in [0.29, 0.717) is 17.5 Å². The smallest absolute Gasteiger partial charge is 0.263 e. The van der Waals surface area contributed by atoms with Crippen molar-refractivity contribution >= 4 is 15.8 Å². The van der Waals surface area contributed by atoms with Crippen LogP contribution in [0.3, 0.4) is 0 Å². The summed E-state index contributed by atoms with van der Waals surface area (Å²) in [6.07, 6.45) is 2.10. The number of aromatic nitrogens is 1. The lowest BCUT2D eigenvalue weighted by Crippen LogP contribution is -2.16. The number of aliphatic hydroxyl groups is 1. The predicted molar refractivity (Wildman–Crippen MR) is 76.8 cm³/mol. The van der Waals surface area contributed by atoms with E-state index < -0.39 is 10.0 Å². The van der Waals surface area contributed by atoms with E-state index in [-0.39, 0.29) is 17.3 Å². The van der Waals surface area contributed by atoms with Crippen molar-refractivity contribution in [3.8, 4) is 0 Å². The molecule has 0 aliphatic carbocycles. The summed E-state index contributed by atoms with van der Waals surface area (Å²) in [5.41, 5.74) is 1.26. The van der Waals surface area contributed by atoms with Crippen LogP contribution >= 0.6 is 0 Å². The monoisotopic (exact) mass is 292 g/mol. The highest BCUT2D eigenvalue weighted by atomic mass is 32.2. The van der Waals surface area contributed by atoms with E-state index in [2.05, 4.69) is 9.71 Å². The quantitative estimate of drug-likeness (QED) is 0.882. The molecule has 1 aromatic heterocycles. The first-order chi connectivity index (χ1) is 9.56. The minimum Gasteiger partial charge on any atom is -0.392 e. The molecule has 0 saturated carbocycles. The molecule has 1 aromatic carbocycles. The Morgan fingerprint density at radius 3 is 2.65 bits per heavy atom. The lowest BCUT2D eigenvalue weighted by Gasteiger charge is -2.12. The van der Waals surface area contributed by atoms with Crippen molar-refractivity contribution in [3.05, 3.63) is 53.7 Å². The van der Waals surface area contributed by atoms with Crippen LogP contribution in [0.15, 0.2) is 47.5 Å². The van der Waals surface area contributed by atoms with Crippen LogP contribution in [-0.2, 0) is 23.1 Å². The second kappa shape index (κ2) is 6.02. The number of sulfonamides is 1. The number of pyridine rings is 1. The largest absolute Gasteiger partial charge is 0.392 e. The number of anilines is 1. The third-order valence-electron chi connectivity index (χ3n) is 2.89. The molecule has 0 bridgehead atoms. The molecule has 0 saturated heterocycles. The number of rotatable bonds is 5. The van der Waals surface area contributed by atoms with Crippen LogP contribution in [0.4, 0.5) is 5.82 Å². The maximum atomic E-state index is 12.4. The summed E-state index contributed by atoms with van der Waals surface area (Å²) in [4.78, 5) is 4.13. The van der Waals surface area contributed by atoms with Gasteiger partial charge in [0.05, 0.1) is 11.5 Å². The molecule has 0 radical (unpaired) electrons. The molecule has 106 valence electrons. The maximum absolute atomic E-state index is 12.4. The molecule has 0 aliphatic heterocycles. The van der Waals surface area contributed by atoms with Gasteiger partial charge in [0.25, 0.3) is 10.0 Å². The number of aryl methyl sites for hydroxylation is 1. The Hall–Kier alpha value is -1.92. The zero-order valence-corrected chi connectivity index (χ0v) is 11.9. The first kappa shape index (κ1) is 14.5. The fourth-order valence-electron chi connectivity index (χ4n) is 1.86. The van der Waals surface area contributed by atoms with Crippen LogP contribution in [0, 0.1) is 0 Å². The Morgan fingerprint density at radius 2 is 2.05 bits per heavy atom. The average Bonchev–Trinajstić information content (AvgIpc) is 2.47. The van der Waals surface area contributed by atoms with Gasteiger partial charge in [-0.3, -0.25) is 4.72 Å². The van der Waals surface area contributed by atoms with Gasteiger partial charge in [-0.25, -0.2) is 13.4 Å². The lowest BCUT2D eigenvalue weighted by molar-refractivity contribution is 0.281. The Balaban J connectivity index is 2.43. The summed E-state index contributed by atoms with van der Waals surface area (Å²) >= 11 is 0. The zero-order valence-electron chi connectivity index (χ0n) is 11.1. The number of nitrogens with one attached hydrogen (secondary N) is 1. The van der Waals surface area contributed by atoms with Gasteiger partial charge < -0.3 is 5.11 Å². The average molecular weight is 292 g/mol. The van der Waals surface area contributed by atoms with Crippen molar-refractivity contribution in [1.29, 1.82) is 0 Å². The second-order valence-corrected chi connectivity index (χ2v) is 5.93. The molecule has 2 aromatic rings. The molecule has 0 fully saturated rings. The van der Waals surface area contributed by atoms with Crippen molar-refractivity contribution in [3.63, 3.8) is 0 Å². The minimum absolute atomic E-state index is 0.178. The van der Waals surface area contributed by atoms with Crippen LogP contribution in [-0.4, -0.2) is 18.5 Å². The number of hydrogen-bond acceptors (Lipinski definition) is 4. The number of benzene rings is 1. The van der Waals surface area contributed by atoms with Gasteiger partial charge in [-0.1, -0.05) is 25.1 Å². The van der Waals surface area contributed by atoms with Crippen LogP contribution in [0.1, 0.15) is 18.1 Å². The van der Waals surface area contributed by atoms with Gasteiger partial charge >= 0.3 is 0 Å². The molecular weight excluding hydrogens is 276 g/mol. The van der Waals surface area contributed by atoms with E-state index in [9.17, 15) is 8.42 Å². The van der Waals surface area contributed by atoms with Crippen molar-refractivity contribution in [2.75, 3.05) is 4.72 Å². The molecule has 2 N–H and O–H groups in total. The number of hydrogen-bond donors (Lipinski definition) is 2. The summed E-state index contributed by atoms with van der Waals surface area (Å²) < 4.78 is 27.3. The molecule has 0 spiro atoms. The fourth-order valence-corrected chi connectivity index (χ4v) is 3.23. The van der Waals surface area contributed by atoms with Gasteiger partial charge in [0.15, 0.2) is 0 Å². The highest BCUT2D eigenvalue weighted by Gasteiger charge is 2.19. The van der Waals surface area contributed by atoms with E-state index in [1.165, 1.54) is 12.3 Å². The van der Waals surface area contributed by atoms with E-state index in [1.54, 1.807) is 30.3 Å². The molecule has 0 atom stereocenters. The first-order valence-electron chi connectivity index (χ1n) is 6.23. The van der Waals surface area contributed by atoms with E-state index in [0.717, 1.165) is 0 Å².